The fourth-order valence-electron chi connectivity index (χ4n) is 2.51. The van der Waals surface area contributed by atoms with Crippen LogP contribution in [0.4, 0.5) is 4.79 Å². The van der Waals surface area contributed by atoms with E-state index in [2.05, 4.69) is 12.1 Å². The Hall–Kier alpha value is -1.97. The van der Waals surface area contributed by atoms with Gasteiger partial charge >= 0.3 is 6.09 Å². The van der Waals surface area contributed by atoms with Crippen molar-refractivity contribution < 1.29 is 14.3 Å². The maximum atomic E-state index is 12.2. The molecule has 0 atom stereocenters. The molecule has 1 heterocycles. The highest BCUT2D eigenvalue weighted by molar-refractivity contribution is 5.75. The molecule has 0 spiro atoms. The highest BCUT2D eigenvalue weighted by Gasteiger charge is 2.24. The van der Waals surface area contributed by atoms with Gasteiger partial charge in [-0.1, -0.05) is 12.1 Å². The first-order valence-corrected chi connectivity index (χ1v) is 7.62. The van der Waals surface area contributed by atoms with E-state index in [0.29, 0.717) is 13.1 Å². The highest BCUT2D eigenvalue weighted by Crippen LogP contribution is 2.26. The highest BCUT2D eigenvalue weighted by atomic mass is 16.6. The van der Waals surface area contributed by atoms with Gasteiger partial charge in [-0.2, -0.15) is 0 Å². The monoisotopic (exact) mass is 303 g/mol. The predicted octanol–water partition coefficient (Wildman–Crippen LogP) is 4.03. The van der Waals surface area contributed by atoms with Crippen LogP contribution in [-0.2, 0) is 4.74 Å². The first-order chi connectivity index (χ1) is 10.3. The smallest absolute Gasteiger partial charge is 0.410 e. The molecule has 2 rings (SSSR count). The van der Waals surface area contributed by atoms with Crippen LogP contribution in [0.1, 0.15) is 38.3 Å². The summed E-state index contributed by atoms with van der Waals surface area (Å²) in [5, 5.41) is 0. The molecule has 22 heavy (non-hydrogen) atoms. The number of carbonyl (C=O) groups excluding carboxylic acids is 1. The summed E-state index contributed by atoms with van der Waals surface area (Å²) < 4.78 is 10.8. The average Bonchev–Trinajstić information content (AvgIpc) is 2.45. The van der Waals surface area contributed by atoms with E-state index in [1.54, 1.807) is 12.0 Å². The summed E-state index contributed by atoms with van der Waals surface area (Å²) >= 11 is 0. The van der Waals surface area contributed by atoms with Gasteiger partial charge in [0.15, 0.2) is 0 Å². The van der Waals surface area contributed by atoms with Crippen molar-refractivity contribution in [3.8, 4) is 5.75 Å². The molecule has 4 heteroatoms. The summed E-state index contributed by atoms with van der Waals surface area (Å²) in [5.41, 5.74) is 2.92. The number of hydrogen-bond acceptors (Lipinski definition) is 3. The van der Waals surface area contributed by atoms with Crippen molar-refractivity contribution in [1.29, 1.82) is 0 Å². The van der Waals surface area contributed by atoms with Gasteiger partial charge in [0.25, 0.3) is 0 Å². The van der Waals surface area contributed by atoms with Crippen molar-refractivity contribution in [2.24, 2.45) is 0 Å². The number of carbonyl (C=O) groups is 1. The number of benzene rings is 1. The fraction of sp³-hybridized carbons (Fsp3) is 0.500. The maximum absolute atomic E-state index is 12.2. The second kappa shape index (κ2) is 6.42. The van der Waals surface area contributed by atoms with Crippen molar-refractivity contribution in [3.63, 3.8) is 0 Å². The Balaban J connectivity index is 2.12. The molecule has 0 fully saturated rings. The zero-order valence-electron chi connectivity index (χ0n) is 14.1. The summed E-state index contributed by atoms with van der Waals surface area (Å²) in [4.78, 5) is 14.0. The Bertz CT molecular complexity index is 584. The summed E-state index contributed by atoms with van der Waals surface area (Å²) in [6.45, 7) is 8.97. The van der Waals surface area contributed by atoms with E-state index < -0.39 is 5.60 Å². The number of aryl methyl sites for hydroxylation is 1. The first-order valence-electron chi connectivity index (χ1n) is 7.62. The number of methoxy groups -OCH3 is 1. The molecule has 120 valence electrons. The third-order valence-corrected chi connectivity index (χ3v) is 3.57. The molecule has 0 aromatic heterocycles. The van der Waals surface area contributed by atoms with E-state index >= 15 is 0 Å². The molecule has 1 aliphatic heterocycles. The summed E-state index contributed by atoms with van der Waals surface area (Å²) in [7, 11) is 1.67. The third-order valence-electron chi connectivity index (χ3n) is 3.57. The Morgan fingerprint density at radius 3 is 2.59 bits per heavy atom. The van der Waals surface area contributed by atoms with Crippen LogP contribution in [-0.4, -0.2) is 36.8 Å². The van der Waals surface area contributed by atoms with Gasteiger partial charge < -0.3 is 14.4 Å². The lowest BCUT2D eigenvalue weighted by Gasteiger charge is -2.30. The molecule has 1 amide bonds. The topological polar surface area (TPSA) is 38.8 Å². The van der Waals surface area contributed by atoms with Gasteiger partial charge in [0, 0.05) is 13.1 Å². The fourth-order valence-corrected chi connectivity index (χ4v) is 2.51. The second-order valence-electron chi connectivity index (χ2n) is 6.60. The zero-order valence-corrected chi connectivity index (χ0v) is 14.1. The quantitative estimate of drug-likeness (QED) is 0.828. The molecule has 0 radical (unpaired) electrons. The molecule has 1 aromatic carbocycles. The Labute approximate surface area is 132 Å². The van der Waals surface area contributed by atoms with Crippen LogP contribution in [0, 0.1) is 6.92 Å². The normalized spacial score (nSPS) is 15.3. The van der Waals surface area contributed by atoms with Crippen LogP contribution < -0.4 is 4.74 Å². The van der Waals surface area contributed by atoms with Gasteiger partial charge in [-0.3, -0.25) is 0 Å². The summed E-state index contributed by atoms with van der Waals surface area (Å²) in [5.74, 6) is 0.879. The molecule has 0 saturated carbocycles. The van der Waals surface area contributed by atoms with Gasteiger partial charge in [0.1, 0.15) is 11.4 Å². The SMILES string of the molecule is COc1ccc(C2=CCCN(C(=O)OC(C)(C)C)C2)cc1C. The van der Waals surface area contributed by atoms with E-state index in [1.165, 1.54) is 0 Å². The maximum Gasteiger partial charge on any atom is 0.410 e. The average molecular weight is 303 g/mol. The molecule has 0 unspecified atom stereocenters. The first kappa shape index (κ1) is 16.4. The molecule has 0 N–H and O–H groups in total. The van der Waals surface area contributed by atoms with Gasteiger partial charge in [-0.15, -0.1) is 0 Å². The van der Waals surface area contributed by atoms with E-state index in [0.717, 1.165) is 28.9 Å². The van der Waals surface area contributed by atoms with Crippen molar-refractivity contribution >= 4 is 11.7 Å². The van der Waals surface area contributed by atoms with E-state index in [-0.39, 0.29) is 6.09 Å². The van der Waals surface area contributed by atoms with Crippen LogP contribution in [0.3, 0.4) is 0 Å². The molecule has 0 aliphatic carbocycles. The van der Waals surface area contributed by atoms with Crippen LogP contribution in [0.15, 0.2) is 24.3 Å². The minimum Gasteiger partial charge on any atom is -0.496 e. The minimum atomic E-state index is -0.463. The van der Waals surface area contributed by atoms with E-state index in [9.17, 15) is 4.79 Å². The molecular weight excluding hydrogens is 278 g/mol. The van der Waals surface area contributed by atoms with Gasteiger partial charge in [0.05, 0.1) is 7.11 Å². The molecule has 4 nitrogen and oxygen atoms in total. The summed E-state index contributed by atoms with van der Waals surface area (Å²) in [6, 6.07) is 6.11. The third kappa shape index (κ3) is 4.03. The van der Waals surface area contributed by atoms with Gasteiger partial charge in [0.2, 0.25) is 0 Å². The van der Waals surface area contributed by atoms with Crippen LogP contribution in [0.5, 0.6) is 5.75 Å². The van der Waals surface area contributed by atoms with Gasteiger partial charge in [-0.05, 0) is 62.9 Å². The van der Waals surface area contributed by atoms with Gasteiger partial charge in [-0.25, -0.2) is 4.79 Å². The number of rotatable bonds is 2. The molecule has 1 aromatic rings. The lowest BCUT2D eigenvalue weighted by atomic mass is 9.99. The van der Waals surface area contributed by atoms with E-state index in [1.807, 2.05) is 39.8 Å². The lowest BCUT2D eigenvalue weighted by Crippen LogP contribution is -2.39. The molecule has 0 bridgehead atoms. The Kier molecular flexibility index (Phi) is 4.79. The largest absolute Gasteiger partial charge is 0.496 e. The van der Waals surface area contributed by atoms with Crippen molar-refractivity contribution in [1.82, 2.24) is 4.90 Å². The number of nitrogens with zero attached hydrogens (tertiary/aromatic N) is 1. The predicted molar refractivity (Wildman–Crippen MR) is 88.1 cm³/mol. The molecule has 1 aliphatic rings. The minimum absolute atomic E-state index is 0.247. The second-order valence-corrected chi connectivity index (χ2v) is 6.60. The van der Waals surface area contributed by atoms with E-state index in [4.69, 9.17) is 9.47 Å². The summed E-state index contributed by atoms with van der Waals surface area (Å²) in [6.07, 6.45) is 2.80. The van der Waals surface area contributed by atoms with Crippen molar-refractivity contribution in [2.75, 3.05) is 20.2 Å². The number of amides is 1. The van der Waals surface area contributed by atoms with Crippen LogP contribution in [0.2, 0.25) is 0 Å². The number of hydrogen-bond donors (Lipinski definition) is 0. The lowest BCUT2D eigenvalue weighted by molar-refractivity contribution is 0.0273. The van der Waals surface area contributed by atoms with Crippen molar-refractivity contribution in [3.05, 3.63) is 35.4 Å². The molecule has 0 saturated heterocycles. The standard InChI is InChI=1S/C18H25NO3/c1-13-11-14(8-9-16(13)21-5)15-7-6-10-19(12-15)17(20)22-18(2,3)4/h7-9,11H,6,10,12H2,1-5H3. The zero-order chi connectivity index (χ0) is 16.3. The van der Waals surface area contributed by atoms with Crippen LogP contribution >= 0.6 is 0 Å². The molecular formula is C18H25NO3. The Morgan fingerprint density at radius 1 is 1.27 bits per heavy atom. The number of ether oxygens (including phenoxy) is 2. The Morgan fingerprint density at radius 2 is 2.00 bits per heavy atom. The van der Waals surface area contributed by atoms with Crippen LogP contribution in [0.25, 0.3) is 5.57 Å². The van der Waals surface area contributed by atoms with Crippen molar-refractivity contribution in [2.45, 2.75) is 39.7 Å².